The predicted molar refractivity (Wildman–Crippen MR) is 81.8 cm³/mol. The molecule has 2 atom stereocenters. The smallest absolute Gasteiger partial charge is 0.155 e. The fraction of sp³-hybridized carbons (Fsp3) is 0.588. The van der Waals surface area contributed by atoms with Gasteiger partial charge in [-0.2, -0.15) is 0 Å². The van der Waals surface area contributed by atoms with Crippen LogP contribution in [0, 0.1) is 0 Å². The zero-order chi connectivity index (χ0) is 13.6. The summed E-state index contributed by atoms with van der Waals surface area (Å²) in [4.78, 5) is 13.2. The summed E-state index contributed by atoms with van der Waals surface area (Å²) in [7, 11) is 0.337. The zero-order valence-electron chi connectivity index (χ0n) is 12.1. The maximum absolute atomic E-state index is 11.7. The number of hydrogen-bond acceptors (Lipinski definition) is 1. The van der Waals surface area contributed by atoms with Gasteiger partial charge in [0.25, 0.3) is 0 Å². The molecule has 2 aliphatic rings. The van der Waals surface area contributed by atoms with E-state index in [0.717, 1.165) is 12.8 Å². The molecule has 1 aromatic carbocycles. The Bertz CT molecular complexity index is 467. The quantitative estimate of drug-likeness (QED) is 0.711. The molecule has 2 aliphatic heterocycles. The third kappa shape index (κ3) is 2.47. The van der Waals surface area contributed by atoms with E-state index >= 15 is 0 Å². The molecule has 0 N–H and O–H groups in total. The molecule has 2 heterocycles. The minimum absolute atomic E-state index is 0.225. The third-order valence-electron chi connectivity index (χ3n) is 4.43. The number of carbonyl (C=O) groups is 1. The number of hydrogen-bond donors (Lipinski definition) is 0. The molecule has 0 amide bonds. The Morgan fingerprint density at radius 1 is 1.00 bits per heavy atom. The Morgan fingerprint density at radius 2 is 1.53 bits per heavy atom. The highest BCUT2D eigenvalue weighted by Gasteiger charge is 2.51. The predicted octanol–water partition coefficient (Wildman–Crippen LogP) is 3.86. The molecule has 0 spiro atoms. The van der Waals surface area contributed by atoms with Crippen molar-refractivity contribution in [2.45, 2.75) is 67.3 Å². The van der Waals surface area contributed by atoms with Gasteiger partial charge in [0.1, 0.15) is 16.3 Å². The molecule has 2 heteroatoms. The molecule has 2 unspecified atom stereocenters. The molecule has 0 aromatic heterocycles. The van der Waals surface area contributed by atoms with E-state index in [9.17, 15) is 4.79 Å². The van der Waals surface area contributed by atoms with E-state index in [0.29, 0.717) is 27.2 Å². The van der Waals surface area contributed by atoms with Crippen molar-refractivity contribution in [3.8, 4) is 0 Å². The van der Waals surface area contributed by atoms with Gasteiger partial charge in [0.15, 0.2) is 4.90 Å². The number of rotatable bonds is 1. The molecule has 19 heavy (non-hydrogen) atoms. The van der Waals surface area contributed by atoms with E-state index in [2.05, 4.69) is 45.0 Å². The molecule has 2 fully saturated rings. The average molecular weight is 275 g/mol. The Morgan fingerprint density at radius 3 is 2.00 bits per heavy atom. The molecule has 2 saturated heterocycles. The van der Waals surface area contributed by atoms with Crippen LogP contribution in [0.3, 0.4) is 0 Å². The van der Waals surface area contributed by atoms with Gasteiger partial charge in [-0.05, 0) is 23.1 Å². The minimum Gasteiger partial charge on any atom is -0.299 e. The van der Waals surface area contributed by atoms with Crippen LogP contribution in [-0.4, -0.2) is 16.3 Å². The van der Waals surface area contributed by atoms with Gasteiger partial charge in [-0.3, -0.25) is 4.79 Å². The summed E-state index contributed by atoms with van der Waals surface area (Å²) < 4.78 is 0. The van der Waals surface area contributed by atoms with Crippen LogP contribution in [0.15, 0.2) is 29.2 Å². The monoisotopic (exact) mass is 275 g/mol. The van der Waals surface area contributed by atoms with E-state index < -0.39 is 0 Å². The fourth-order valence-electron chi connectivity index (χ4n) is 3.37. The highest BCUT2D eigenvalue weighted by molar-refractivity contribution is 7.98. The second-order valence-corrected chi connectivity index (χ2v) is 9.46. The van der Waals surface area contributed by atoms with E-state index in [1.165, 1.54) is 23.3 Å². The Kier molecular flexibility index (Phi) is 3.24. The van der Waals surface area contributed by atoms with E-state index in [-0.39, 0.29) is 5.41 Å². The van der Waals surface area contributed by atoms with Crippen LogP contribution >= 0.6 is 0 Å². The van der Waals surface area contributed by atoms with Crippen LogP contribution in [0.5, 0.6) is 0 Å². The molecule has 3 rings (SSSR count). The number of benzene rings is 1. The zero-order valence-corrected chi connectivity index (χ0v) is 12.9. The summed E-state index contributed by atoms with van der Waals surface area (Å²) in [5.41, 5.74) is 1.63. The number of ketones is 1. The summed E-state index contributed by atoms with van der Waals surface area (Å²) in [6.07, 6.45) is 4.20. The number of Topliss-reactive ketones (excluding diaryl/α,β-unsaturated/α-hetero) is 1. The van der Waals surface area contributed by atoms with Gasteiger partial charge >= 0.3 is 0 Å². The maximum atomic E-state index is 11.7. The first-order valence-corrected chi connectivity index (χ1v) is 8.64. The van der Waals surface area contributed by atoms with Gasteiger partial charge in [0, 0.05) is 23.7 Å². The normalized spacial score (nSPS) is 30.7. The van der Waals surface area contributed by atoms with Gasteiger partial charge in [0.05, 0.1) is 12.8 Å². The van der Waals surface area contributed by atoms with Crippen LogP contribution < -0.4 is 0 Å². The van der Waals surface area contributed by atoms with Gasteiger partial charge < -0.3 is 0 Å². The largest absolute Gasteiger partial charge is 0.299 e. The standard InChI is InChI=1S/C17H23OS/c1-17(2,3)12-4-6-14(7-5-12)19-15-8-9-16(19)11-13(18)10-15/h4-7,15-16H,8-11H2,1-3H3/q+1. The molecular weight excluding hydrogens is 252 g/mol. The van der Waals surface area contributed by atoms with Crippen molar-refractivity contribution in [1.82, 2.24) is 0 Å². The summed E-state index contributed by atoms with van der Waals surface area (Å²) >= 11 is 0. The van der Waals surface area contributed by atoms with Gasteiger partial charge in [-0.15, -0.1) is 0 Å². The van der Waals surface area contributed by atoms with E-state index in [4.69, 9.17) is 0 Å². The van der Waals surface area contributed by atoms with Gasteiger partial charge in [0.2, 0.25) is 0 Å². The van der Waals surface area contributed by atoms with Gasteiger partial charge in [-0.25, -0.2) is 0 Å². The molecule has 0 saturated carbocycles. The first-order chi connectivity index (χ1) is 8.95. The van der Waals surface area contributed by atoms with Crippen molar-refractivity contribution in [2.24, 2.45) is 0 Å². The Labute approximate surface area is 119 Å². The van der Waals surface area contributed by atoms with E-state index in [1.807, 2.05) is 0 Å². The summed E-state index contributed by atoms with van der Waals surface area (Å²) in [6, 6.07) is 9.23. The summed E-state index contributed by atoms with van der Waals surface area (Å²) in [5.74, 6) is 0.502. The second kappa shape index (κ2) is 4.66. The maximum Gasteiger partial charge on any atom is 0.155 e. The summed E-state index contributed by atoms with van der Waals surface area (Å²) in [5, 5.41) is 1.29. The van der Waals surface area contributed by atoms with Crippen LogP contribution in [0.4, 0.5) is 0 Å². The molecular formula is C17H23OS+. The van der Waals surface area contributed by atoms with Crippen LogP contribution in [0.2, 0.25) is 0 Å². The van der Waals surface area contributed by atoms with Crippen LogP contribution in [-0.2, 0) is 21.1 Å². The number of carbonyl (C=O) groups excluding carboxylic acids is 1. The van der Waals surface area contributed by atoms with Crippen molar-refractivity contribution in [3.63, 3.8) is 0 Å². The molecule has 0 radical (unpaired) electrons. The molecule has 102 valence electrons. The highest BCUT2D eigenvalue weighted by atomic mass is 32.2. The topological polar surface area (TPSA) is 17.1 Å². The Balaban J connectivity index is 1.86. The second-order valence-electron chi connectivity index (χ2n) is 6.91. The van der Waals surface area contributed by atoms with E-state index in [1.54, 1.807) is 0 Å². The third-order valence-corrected chi connectivity index (χ3v) is 7.49. The number of fused-ring (bicyclic) bond motifs is 2. The lowest BCUT2D eigenvalue weighted by Gasteiger charge is -2.22. The van der Waals surface area contributed by atoms with Crippen molar-refractivity contribution in [2.75, 3.05) is 0 Å². The molecule has 1 aromatic rings. The first-order valence-electron chi connectivity index (χ1n) is 7.29. The van der Waals surface area contributed by atoms with Gasteiger partial charge in [-0.1, -0.05) is 32.9 Å². The SMILES string of the molecule is CC(C)(C)c1ccc([S+]2C3CCC2CC(=O)C3)cc1. The van der Waals surface area contributed by atoms with Crippen molar-refractivity contribution in [1.29, 1.82) is 0 Å². The molecule has 1 nitrogen and oxygen atoms in total. The molecule has 0 aliphatic carbocycles. The average Bonchev–Trinajstić information content (AvgIpc) is 2.61. The molecule has 2 bridgehead atoms. The first kappa shape index (κ1) is 13.2. The lowest BCUT2D eigenvalue weighted by Crippen LogP contribution is -2.33. The minimum atomic E-state index is 0.225. The van der Waals surface area contributed by atoms with Crippen molar-refractivity contribution < 1.29 is 4.79 Å². The van der Waals surface area contributed by atoms with Crippen molar-refractivity contribution >= 4 is 16.7 Å². The lowest BCUT2D eigenvalue weighted by molar-refractivity contribution is -0.119. The lowest BCUT2D eigenvalue weighted by atomic mass is 9.87. The fourth-order valence-corrected chi connectivity index (χ4v) is 6.65. The van der Waals surface area contributed by atoms with Crippen LogP contribution in [0.25, 0.3) is 0 Å². The van der Waals surface area contributed by atoms with Crippen LogP contribution in [0.1, 0.15) is 52.0 Å². The summed E-state index contributed by atoms with van der Waals surface area (Å²) in [6.45, 7) is 6.77. The Hall–Kier alpha value is -0.760. The van der Waals surface area contributed by atoms with Crippen molar-refractivity contribution in [3.05, 3.63) is 29.8 Å². The highest BCUT2D eigenvalue weighted by Crippen LogP contribution is 2.42.